The van der Waals surface area contributed by atoms with E-state index >= 15 is 0 Å². The molecule has 4 N–H and O–H groups in total. The summed E-state index contributed by atoms with van der Waals surface area (Å²) in [5.74, 6) is -0.249. The van der Waals surface area contributed by atoms with Gasteiger partial charge in [0, 0.05) is 17.4 Å². The number of benzene rings is 1. The summed E-state index contributed by atoms with van der Waals surface area (Å²) in [6, 6.07) is 11.6. The Bertz CT molecular complexity index is 995. The van der Waals surface area contributed by atoms with Gasteiger partial charge in [-0.25, -0.2) is 4.79 Å². The summed E-state index contributed by atoms with van der Waals surface area (Å²) < 4.78 is 7.26. The molecule has 0 unspecified atom stereocenters. The van der Waals surface area contributed by atoms with E-state index in [4.69, 9.17) is 10.5 Å². The van der Waals surface area contributed by atoms with Crippen LogP contribution in [-0.2, 0) is 10.3 Å². The molecular formula is C23H30N6O3. The van der Waals surface area contributed by atoms with E-state index < -0.39 is 17.5 Å². The highest BCUT2D eigenvalue weighted by molar-refractivity contribution is 5.98. The molecule has 9 nitrogen and oxygen atoms in total. The number of carbonyl (C=O) groups is 2. The number of hydrogen-bond acceptors (Lipinski definition) is 6. The smallest absolute Gasteiger partial charge is 0.407 e. The van der Waals surface area contributed by atoms with Gasteiger partial charge in [-0.1, -0.05) is 18.2 Å². The van der Waals surface area contributed by atoms with E-state index in [1.807, 2.05) is 51.1 Å². The van der Waals surface area contributed by atoms with E-state index in [0.29, 0.717) is 31.5 Å². The van der Waals surface area contributed by atoms with E-state index in [9.17, 15) is 14.9 Å². The van der Waals surface area contributed by atoms with Gasteiger partial charge in [-0.05, 0) is 58.6 Å². The first-order chi connectivity index (χ1) is 15.1. The molecule has 0 bridgehead atoms. The summed E-state index contributed by atoms with van der Waals surface area (Å²) >= 11 is 0. The van der Waals surface area contributed by atoms with Crippen LogP contribution >= 0.6 is 0 Å². The largest absolute Gasteiger partial charge is 0.446 e. The van der Waals surface area contributed by atoms with E-state index in [1.54, 1.807) is 10.9 Å². The molecule has 1 aromatic heterocycles. The first-order valence-electron chi connectivity index (χ1n) is 10.7. The van der Waals surface area contributed by atoms with E-state index in [0.717, 1.165) is 5.69 Å². The fourth-order valence-corrected chi connectivity index (χ4v) is 3.92. The molecule has 0 aliphatic heterocycles. The number of aromatic nitrogens is 2. The van der Waals surface area contributed by atoms with Crippen molar-refractivity contribution in [2.75, 3.05) is 5.32 Å². The number of nitrogens with one attached hydrogen (secondary N) is 2. The molecule has 1 saturated carbocycles. The van der Waals surface area contributed by atoms with Crippen LogP contribution < -0.4 is 16.4 Å². The second-order valence-corrected chi connectivity index (χ2v) is 9.23. The summed E-state index contributed by atoms with van der Waals surface area (Å²) in [5, 5.41) is 20.1. The quantitative estimate of drug-likeness (QED) is 0.628. The van der Waals surface area contributed by atoms with Crippen LogP contribution in [0.2, 0.25) is 0 Å². The lowest BCUT2D eigenvalue weighted by Crippen LogP contribution is -2.44. The Kier molecular flexibility index (Phi) is 6.72. The van der Waals surface area contributed by atoms with Crippen molar-refractivity contribution >= 4 is 23.5 Å². The van der Waals surface area contributed by atoms with E-state index in [2.05, 4.69) is 21.8 Å². The molecule has 1 aliphatic rings. The zero-order valence-corrected chi connectivity index (χ0v) is 18.7. The van der Waals surface area contributed by atoms with Crippen molar-refractivity contribution in [1.82, 2.24) is 15.1 Å². The van der Waals surface area contributed by atoms with Gasteiger partial charge in [-0.2, -0.15) is 10.4 Å². The predicted molar refractivity (Wildman–Crippen MR) is 120 cm³/mol. The summed E-state index contributed by atoms with van der Waals surface area (Å²) in [7, 11) is 0. The third-order valence-corrected chi connectivity index (χ3v) is 5.52. The summed E-state index contributed by atoms with van der Waals surface area (Å²) in [6.07, 6.45) is 3.49. The van der Waals surface area contributed by atoms with Gasteiger partial charge >= 0.3 is 6.09 Å². The first-order valence-corrected chi connectivity index (χ1v) is 10.7. The lowest BCUT2D eigenvalue weighted by Gasteiger charge is -2.38. The highest BCUT2D eigenvalue weighted by atomic mass is 16.6. The molecule has 0 atom stereocenters. The number of anilines is 2. The van der Waals surface area contributed by atoms with Crippen molar-refractivity contribution in [2.45, 2.75) is 70.1 Å². The van der Waals surface area contributed by atoms with Crippen molar-refractivity contribution in [2.24, 2.45) is 5.73 Å². The van der Waals surface area contributed by atoms with Gasteiger partial charge in [0.2, 0.25) is 0 Å². The van der Waals surface area contributed by atoms with Crippen LogP contribution in [0.25, 0.3) is 0 Å². The molecule has 1 fully saturated rings. The minimum atomic E-state index is -0.601. The SMILES string of the molecule is CC(C)(C)NC(=O)OC1CCC(CC#N)(n2cc(C(N)=O)c(Nc3ccccc3)n2)CC1. The number of nitrogens with zero attached hydrogens (tertiary/aromatic N) is 3. The third-order valence-electron chi connectivity index (χ3n) is 5.52. The Morgan fingerprint density at radius 3 is 2.50 bits per heavy atom. The molecule has 0 radical (unpaired) electrons. The van der Waals surface area contributed by atoms with E-state index in [-0.39, 0.29) is 23.6 Å². The zero-order valence-electron chi connectivity index (χ0n) is 18.7. The average Bonchev–Trinajstić information content (AvgIpc) is 3.14. The number of hydrogen-bond donors (Lipinski definition) is 3. The molecule has 3 rings (SSSR count). The maximum atomic E-state index is 12.1. The van der Waals surface area contributed by atoms with Crippen LogP contribution in [0.3, 0.4) is 0 Å². The van der Waals surface area contributed by atoms with Crippen LogP contribution in [0.4, 0.5) is 16.3 Å². The van der Waals surface area contributed by atoms with Crippen molar-refractivity contribution in [3.05, 3.63) is 42.1 Å². The van der Waals surface area contributed by atoms with Crippen molar-refractivity contribution in [3.8, 4) is 6.07 Å². The molecular weight excluding hydrogens is 408 g/mol. The number of para-hydroxylation sites is 1. The molecule has 1 aromatic carbocycles. The molecule has 170 valence electrons. The van der Waals surface area contributed by atoms with Crippen LogP contribution in [0.1, 0.15) is 63.2 Å². The Balaban J connectivity index is 1.78. The Morgan fingerprint density at radius 1 is 1.28 bits per heavy atom. The lowest BCUT2D eigenvalue weighted by molar-refractivity contribution is 0.0354. The minimum Gasteiger partial charge on any atom is -0.446 e. The lowest BCUT2D eigenvalue weighted by atomic mass is 9.78. The van der Waals surface area contributed by atoms with Gasteiger partial charge in [0.15, 0.2) is 5.82 Å². The first kappa shape index (κ1) is 23.1. The number of primary amides is 1. The number of nitriles is 1. The fourth-order valence-electron chi connectivity index (χ4n) is 3.92. The second-order valence-electron chi connectivity index (χ2n) is 9.23. The van der Waals surface area contributed by atoms with Crippen LogP contribution in [0, 0.1) is 11.3 Å². The predicted octanol–water partition coefficient (Wildman–Crippen LogP) is 3.80. The molecule has 1 aliphatic carbocycles. The second kappa shape index (κ2) is 9.30. The van der Waals surface area contributed by atoms with Gasteiger partial charge in [-0.15, -0.1) is 0 Å². The third kappa shape index (κ3) is 5.58. The number of amides is 2. The maximum absolute atomic E-state index is 12.1. The summed E-state index contributed by atoms with van der Waals surface area (Å²) in [5.41, 5.74) is 5.65. The highest BCUT2D eigenvalue weighted by Crippen LogP contribution is 2.39. The molecule has 1 heterocycles. The van der Waals surface area contributed by atoms with Crippen molar-refractivity contribution in [1.29, 1.82) is 5.26 Å². The number of rotatable bonds is 6. The zero-order chi connectivity index (χ0) is 23.4. The maximum Gasteiger partial charge on any atom is 0.407 e. The van der Waals surface area contributed by atoms with Gasteiger partial charge in [0.05, 0.1) is 18.0 Å². The molecule has 9 heteroatoms. The van der Waals surface area contributed by atoms with Crippen molar-refractivity contribution in [3.63, 3.8) is 0 Å². The monoisotopic (exact) mass is 438 g/mol. The van der Waals surface area contributed by atoms with Crippen LogP contribution in [0.15, 0.2) is 36.5 Å². The molecule has 32 heavy (non-hydrogen) atoms. The van der Waals surface area contributed by atoms with Gasteiger partial charge in [0.25, 0.3) is 5.91 Å². The topological polar surface area (TPSA) is 135 Å². The summed E-state index contributed by atoms with van der Waals surface area (Å²) in [4.78, 5) is 24.2. The van der Waals surface area contributed by atoms with Crippen LogP contribution in [-0.4, -0.2) is 33.4 Å². The molecule has 0 saturated heterocycles. The minimum absolute atomic E-state index is 0.221. The number of ether oxygens (including phenoxy) is 1. The molecule has 0 spiro atoms. The van der Waals surface area contributed by atoms with Gasteiger partial charge in [0.1, 0.15) is 11.7 Å². The summed E-state index contributed by atoms with van der Waals surface area (Å²) in [6.45, 7) is 5.67. The number of carbonyl (C=O) groups excluding carboxylic acids is 2. The number of nitrogens with two attached hydrogens (primary N) is 1. The fraction of sp³-hybridized carbons (Fsp3) is 0.478. The Labute approximate surface area is 187 Å². The Morgan fingerprint density at radius 2 is 1.94 bits per heavy atom. The van der Waals surface area contributed by atoms with E-state index in [1.165, 1.54) is 0 Å². The van der Waals surface area contributed by atoms with Gasteiger partial charge < -0.3 is 21.1 Å². The van der Waals surface area contributed by atoms with Crippen LogP contribution in [0.5, 0.6) is 0 Å². The van der Waals surface area contributed by atoms with Gasteiger partial charge in [-0.3, -0.25) is 9.48 Å². The standard InChI is InChI=1S/C23H30N6O3/c1-22(2,3)27-21(31)32-17-9-11-23(12-10-17,13-14-24)29-15-18(19(25)30)20(28-29)26-16-7-5-4-6-8-16/h4-8,15,17H,9-13H2,1-3H3,(H2,25,30)(H,26,28)(H,27,31). The molecule has 2 amide bonds. The Hall–Kier alpha value is -3.54. The normalized spacial score (nSPS) is 20.8. The average molecular weight is 439 g/mol. The van der Waals surface area contributed by atoms with Crippen molar-refractivity contribution < 1.29 is 14.3 Å². The molecule has 2 aromatic rings. The number of alkyl carbamates (subject to hydrolysis) is 1. The highest BCUT2D eigenvalue weighted by Gasteiger charge is 2.40.